The number of halogens is 1. The zero-order chi connectivity index (χ0) is 16.9. The fourth-order valence-corrected chi connectivity index (χ4v) is 1.69. The van der Waals surface area contributed by atoms with Gasteiger partial charge in [-0.05, 0) is 39.0 Å². The van der Waals surface area contributed by atoms with E-state index >= 15 is 0 Å². The largest absolute Gasteiger partial charge is 0.449 e. The summed E-state index contributed by atoms with van der Waals surface area (Å²) in [4.78, 5) is 35.1. The Morgan fingerprint density at radius 2 is 1.86 bits per heavy atom. The van der Waals surface area contributed by atoms with E-state index in [0.717, 1.165) is 0 Å². The second kappa shape index (κ2) is 7.65. The Balaban J connectivity index is 2.63. The Hall–Kier alpha value is -2.28. The lowest BCUT2D eigenvalue weighted by atomic mass is 10.2. The average molecular weight is 328 g/mol. The third kappa shape index (κ3) is 5.25. The topological polar surface area (TPSA) is 111 Å². The lowest BCUT2D eigenvalue weighted by Gasteiger charge is -2.15. The fourth-order valence-electron chi connectivity index (χ4n) is 1.51. The van der Waals surface area contributed by atoms with Gasteiger partial charge < -0.3 is 15.8 Å². The summed E-state index contributed by atoms with van der Waals surface area (Å²) in [5.74, 6) is -1.51. The molecule has 0 saturated carbocycles. The van der Waals surface area contributed by atoms with E-state index in [2.05, 4.69) is 10.6 Å². The summed E-state index contributed by atoms with van der Waals surface area (Å²) in [6.45, 7) is 4.84. The third-order valence-corrected chi connectivity index (χ3v) is 2.78. The third-order valence-electron chi connectivity index (χ3n) is 2.54. The maximum Gasteiger partial charge on any atom is 0.341 e. The number of imide groups is 1. The maximum atomic E-state index is 11.9. The van der Waals surface area contributed by atoms with Gasteiger partial charge in [0.15, 0.2) is 6.10 Å². The molecule has 1 rings (SSSR count). The normalized spacial score (nSPS) is 11.7. The van der Waals surface area contributed by atoms with Crippen molar-refractivity contribution < 1.29 is 19.1 Å². The van der Waals surface area contributed by atoms with Crippen LogP contribution in [-0.4, -0.2) is 30.1 Å². The molecule has 1 atom stereocenters. The summed E-state index contributed by atoms with van der Waals surface area (Å²) < 4.78 is 4.97. The van der Waals surface area contributed by atoms with Gasteiger partial charge in [-0.15, -0.1) is 0 Å². The number of anilines is 1. The Labute approximate surface area is 133 Å². The van der Waals surface area contributed by atoms with E-state index in [9.17, 15) is 14.4 Å². The van der Waals surface area contributed by atoms with Crippen molar-refractivity contribution >= 4 is 35.2 Å². The molecule has 1 aromatic carbocycles. The highest BCUT2D eigenvalue weighted by molar-refractivity contribution is 6.31. The molecule has 0 radical (unpaired) electrons. The SMILES string of the molecule is CC(C)NC(=O)NC(=O)[C@H](C)OC(=O)c1ccc(Cl)cc1N. The molecule has 0 saturated heterocycles. The van der Waals surface area contributed by atoms with Gasteiger partial charge in [0.1, 0.15) is 0 Å². The summed E-state index contributed by atoms with van der Waals surface area (Å²) in [6, 6.07) is 3.50. The number of hydrogen-bond donors (Lipinski definition) is 3. The van der Waals surface area contributed by atoms with Crippen molar-refractivity contribution in [3.8, 4) is 0 Å². The van der Waals surface area contributed by atoms with Crippen LogP contribution in [-0.2, 0) is 9.53 Å². The van der Waals surface area contributed by atoms with Crippen LogP contribution in [0.1, 0.15) is 31.1 Å². The predicted molar refractivity (Wildman–Crippen MR) is 82.6 cm³/mol. The van der Waals surface area contributed by atoms with Gasteiger partial charge in [-0.3, -0.25) is 10.1 Å². The Morgan fingerprint density at radius 3 is 2.41 bits per heavy atom. The number of nitrogen functional groups attached to an aromatic ring is 1. The van der Waals surface area contributed by atoms with Crippen molar-refractivity contribution in [2.24, 2.45) is 0 Å². The molecule has 22 heavy (non-hydrogen) atoms. The highest BCUT2D eigenvalue weighted by Crippen LogP contribution is 2.19. The first-order chi connectivity index (χ1) is 10.2. The van der Waals surface area contributed by atoms with Crippen molar-refractivity contribution in [2.75, 3.05) is 5.73 Å². The van der Waals surface area contributed by atoms with Crippen LogP contribution >= 0.6 is 11.6 Å². The Kier molecular flexibility index (Phi) is 6.18. The van der Waals surface area contributed by atoms with Gasteiger partial charge in [0.05, 0.1) is 5.56 Å². The predicted octanol–water partition coefficient (Wildman–Crippen LogP) is 1.70. The maximum absolute atomic E-state index is 11.9. The molecule has 4 N–H and O–H groups in total. The van der Waals surface area contributed by atoms with Crippen LogP contribution in [0.15, 0.2) is 18.2 Å². The smallest absolute Gasteiger partial charge is 0.341 e. The van der Waals surface area contributed by atoms with E-state index < -0.39 is 24.0 Å². The van der Waals surface area contributed by atoms with Gasteiger partial charge in [0.2, 0.25) is 0 Å². The molecule has 0 bridgehead atoms. The number of benzene rings is 1. The van der Waals surface area contributed by atoms with Gasteiger partial charge in [0.25, 0.3) is 5.91 Å². The second-order valence-corrected chi connectivity index (χ2v) is 5.33. The minimum absolute atomic E-state index is 0.0932. The number of esters is 1. The molecule has 7 nitrogen and oxygen atoms in total. The number of urea groups is 1. The monoisotopic (exact) mass is 327 g/mol. The number of amides is 3. The molecule has 0 aliphatic carbocycles. The van der Waals surface area contributed by atoms with Crippen LogP contribution in [0.4, 0.5) is 10.5 Å². The first-order valence-corrected chi connectivity index (χ1v) is 6.96. The first kappa shape index (κ1) is 17.8. The van der Waals surface area contributed by atoms with Crippen molar-refractivity contribution in [2.45, 2.75) is 32.9 Å². The van der Waals surface area contributed by atoms with Crippen molar-refractivity contribution in [1.29, 1.82) is 0 Å². The molecule has 8 heteroatoms. The summed E-state index contributed by atoms with van der Waals surface area (Å²) >= 11 is 5.74. The number of rotatable bonds is 4. The second-order valence-electron chi connectivity index (χ2n) is 4.90. The molecular formula is C14H18ClN3O4. The minimum Gasteiger partial charge on any atom is -0.449 e. The number of nitrogens with one attached hydrogen (secondary N) is 2. The molecule has 120 valence electrons. The standard InChI is InChI=1S/C14H18ClN3O4/c1-7(2)17-14(21)18-12(19)8(3)22-13(20)10-5-4-9(15)6-11(10)16/h4-8H,16H2,1-3H3,(H2,17,18,19,21)/t8-/m0/s1. The molecule has 1 aromatic rings. The number of carbonyl (C=O) groups is 3. The Morgan fingerprint density at radius 1 is 1.23 bits per heavy atom. The van der Waals surface area contributed by atoms with E-state index in [1.807, 2.05) is 0 Å². The first-order valence-electron chi connectivity index (χ1n) is 6.58. The number of ether oxygens (including phenoxy) is 1. The van der Waals surface area contributed by atoms with Gasteiger partial charge in [-0.1, -0.05) is 11.6 Å². The van der Waals surface area contributed by atoms with Gasteiger partial charge >= 0.3 is 12.0 Å². The molecule has 0 aliphatic rings. The van der Waals surface area contributed by atoms with E-state index in [1.165, 1.54) is 25.1 Å². The van der Waals surface area contributed by atoms with E-state index in [0.29, 0.717) is 5.02 Å². The highest BCUT2D eigenvalue weighted by Gasteiger charge is 2.22. The molecular weight excluding hydrogens is 310 g/mol. The summed E-state index contributed by atoms with van der Waals surface area (Å²) in [5.41, 5.74) is 5.89. The zero-order valence-corrected chi connectivity index (χ0v) is 13.2. The van der Waals surface area contributed by atoms with Gasteiger partial charge in [-0.2, -0.15) is 0 Å². The van der Waals surface area contributed by atoms with Crippen molar-refractivity contribution in [3.63, 3.8) is 0 Å². The molecule has 0 heterocycles. The Bertz CT molecular complexity index is 589. The molecule has 0 aromatic heterocycles. The van der Waals surface area contributed by atoms with Gasteiger partial charge in [-0.25, -0.2) is 9.59 Å². The van der Waals surface area contributed by atoms with Crippen LogP contribution in [0, 0.1) is 0 Å². The lowest BCUT2D eigenvalue weighted by Crippen LogP contribution is -2.46. The van der Waals surface area contributed by atoms with Gasteiger partial charge in [0, 0.05) is 16.8 Å². The molecule has 0 spiro atoms. The highest BCUT2D eigenvalue weighted by atomic mass is 35.5. The van der Waals surface area contributed by atoms with E-state index in [-0.39, 0.29) is 17.3 Å². The average Bonchev–Trinajstić information content (AvgIpc) is 2.36. The lowest BCUT2D eigenvalue weighted by molar-refractivity contribution is -0.127. The molecule has 0 unspecified atom stereocenters. The minimum atomic E-state index is -1.15. The van der Waals surface area contributed by atoms with Crippen LogP contribution in [0.25, 0.3) is 0 Å². The quantitative estimate of drug-likeness (QED) is 0.576. The van der Waals surface area contributed by atoms with E-state index in [4.69, 9.17) is 22.1 Å². The molecule has 0 fully saturated rings. The number of carbonyl (C=O) groups excluding carboxylic acids is 3. The van der Waals surface area contributed by atoms with Crippen molar-refractivity contribution in [3.05, 3.63) is 28.8 Å². The van der Waals surface area contributed by atoms with Crippen LogP contribution < -0.4 is 16.4 Å². The molecule has 3 amide bonds. The van der Waals surface area contributed by atoms with Crippen LogP contribution in [0.2, 0.25) is 5.02 Å². The van der Waals surface area contributed by atoms with Crippen LogP contribution in [0.3, 0.4) is 0 Å². The summed E-state index contributed by atoms with van der Waals surface area (Å²) in [5, 5.41) is 4.94. The summed E-state index contributed by atoms with van der Waals surface area (Å²) in [6.07, 6.45) is -1.15. The molecule has 0 aliphatic heterocycles. The number of nitrogens with two attached hydrogens (primary N) is 1. The number of hydrogen-bond acceptors (Lipinski definition) is 5. The van der Waals surface area contributed by atoms with E-state index in [1.54, 1.807) is 13.8 Å². The van der Waals surface area contributed by atoms with Crippen molar-refractivity contribution in [1.82, 2.24) is 10.6 Å². The summed E-state index contributed by atoms with van der Waals surface area (Å²) in [7, 11) is 0. The zero-order valence-electron chi connectivity index (χ0n) is 12.5. The van der Waals surface area contributed by atoms with Crippen LogP contribution in [0.5, 0.6) is 0 Å². The fraction of sp³-hybridized carbons (Fsp3) is 0.357.